The molecule has 2 aliphatic rings. The van der Waals surface area contributed by atoms with Crippen LogP contribution in [0.25, 0.3) is 32.5 Å². The zero-order chi connectivity index (χ0) is 24.0. The van der Waals surface area contributed by atoms with E-state index in [-0.39, 0.29) is 4.90 Å². The van der Waals surface area contributed by atoms with Gasteiger partial charge in [0.1, 0.15) is 10.6 Å². The number of anilines is 1. The van der Waals surface area contributed by atoms with Gasteiger partial charge in [-0.05, 0) is 24.3 Å². The van der Waals surface area contributed by atoms with Crippen molar-refractivity contribution in [3.8, 4) is 11.4 Å². The van der Waals surface area contributed by atoms with Crippen LogP contribution in [0.15, 0.2) is 35.4 Å². The molecule has 35 heavy (non-hydrogen) atoms. The highest BCUT2D eigenvalue weighted by molar-refractivity contribution is 7.90. The maximum atomic E-state index is 12.4. The summed E-state index contributed by atoms with van der Waals surface area (Å²) in [6.45, 7) is 7.82. The zero-order valence-electron chi connectivity index (χ0n) is 19.6. The molecule has 3 aromatic heterocycles. The topological polar surface area (TPSA) is 103 Å². The zero-order valence-corrected chi connectivity index (χ0v) is 21.2. The third-order valence-corrected chi connectivity index (χ3v) is 8.74. The molecule has 9 nitrogen and oxygen atoms in total. The van der Waals surface area contributed by atoms with Gasteiger partial charge in [-0.2, -0.15) is 0 Å². The molecule has 0 amide bonds. The van der Waals surface area contributed by atoms with Gasteiger partial charge in [0.15, 0.2) is 15.7 Å². The third kappa shape index (κ3) is 4.54. The quantitative estimate of drug-likeness (QED) is 0.421. The van der Waals surface area contributed by atoms with Crippen molar-refractivity contribution < 1.29 is 13.2 Å². The molecular weight excluding hydrogens is 484 g/mol. The van der Waals surface area contributed by atoms with Gasteiger partial charge >= 0.3 is 0 Å². The van der Waals surface area contributed by atoms with Crippen LogP contribution in [-0.2, 0) is 21.1 Å². The monoisotopic (exact) mass is 512 g/mol. The standard InChI is InChI=1S/C24H28N6O3S2/c1-35(31,32)17-13-19(18-2-3-26-21(18)14-17)22-27-23(30-8-10-33-11-9-30)20-12-16(34-24(20)28-22)15-29-6-4-25-5-7-29/h2-3,12-14,25-26H,4-11,15H2,1H3. The number of sulfone groups is 1. The predicted octanol–water partition coefficient (Wildman–Crippen LogP) is 2.48. The second-order valence-electron chi connectivity index (χ2n) is 9.11. The molecule has 184 valence electrons. The molecule has 1 aromatic carbocycles. The summed E-state index contributed by atoms with van der Waals surface area (Å²) < 4.78 is 30.4. The van der Waals surface area contributed by atoms with E-state index in [2.05, 4.69) is 26.2 Å². The van der Waals surface area contributed by atoms with Gasteiger partial charge < -0.3 is 19.9 Å². The first-order valence-electron chi connectivity index (χ1n) is 11.8. The molecule has 4 aromatic rings. The van der Waals surface area contributed by atoms with Crippen molar-refractivity contribution in [1.82, 2.24) is 25.2 Å². The Kier molecular flexibility index (Phi) is 5.97. The first kappa shape index (κ1) is 22.9. The van der Waals surface area contributed by atoms with Crippen LogP contribution in [0.3, 0.4) is 0 Å². The summed E-state index contributed by atoms with van der Waals surface area (Å²) in [7, 11) is -3.40. The summed E-state index contributed by atoms with van der Waals surface area (Å²) in [6, 6.07) is 7.55. The highest BCUT2D eigenvalue weighted by Gasteiger charge is 2.23. The number of fused-ring (bicyclic) bond motifs is 2. The minimum Gasteiger partial charge on any atom is -0.378 e. The fourth-order valence-corrected chi connectivity index (χ4v) is 6.53. The molecule has 2 saturated heterocycles. The fourth-order valence-electron chi connectivity index (χ4n) is 4.80. The highest BCUT2D eigenvalue weighted by atomic mass is 32.2. The van der Waals surface area contributed by atoms with Gasteiger partial charge in [0.25, 0.3) is 0 Å². The minimum absolute atomic E-state index is 0.254. The van der Waals surface area contributed by atoms with Crippen LogP contribution in [0, 0.1) is 0 Å². The first-order valence-corrected chi connectivity index (χ1v) is 14.5. The van der Waals surface area contributed by atoms with Crippen LogP contribution in [0.5, 0.6) is 0 Å². The van der Waals surface area contributed by atoms with Crippen molar-refractivity contribution in [2.75, 3.05) is 63.6 Å². The molecule has 5 heterocycles. The summed E-state index contributed by atoms with van der Waals surface area (Å²) >= 11 is 1.70. The average molecular weight is 513 g/mol. The van der Waals surface area contributed by atoms with Crippen molar-refractivity contribution >= 4 is 48.1 Å². The normalized spacial score (nSPS) is 18.0. The Hall–Kier alpha value is -2.57. The summed E-state index contributed by atoms with van der Waals surface area (Å²) in [5.74, 6) is 1.44. The molecule has 2 aliphatic heterocycles. The lowest BCUT2D eigenvalue weighted by atomic mass is 10.1. The van der Waals surface area contributed by atoms with Crippen LogP contribution in [-0.4, -0.2) is 87.0 Å². The summed E-state index contributed by atoms with van der Waals surface area (Å²) in [6.07, 6.45) is 3.05. The average Bonchev–Trinajstić information content (AvgIpc) is 3.50. The van der Waals surface area contributed by atoms with E-state index < -0.39 is 9.84 Å². The van der Waals surface area contributed by atoms with E-state index in [9.17, 15) is 8.42 Å². The Morgan fingerprint density at radius 1 is 1.06 bits per heavy atom. The lowest BCUT2D eigenvalue weighted by Gasteiger charge is -2.28. The summed E-state index contributed by atoms with van der Waals surface area (Å²) in [4.78, 5) is 20.3. The van der Waals surface area contributed by atoms with Crippen molar-refractivity contribution in [2.24, 2.45) is 0 Å². The Morgan fingerprint density at radius 3 is 2.63 bits per heavy atom. The Labute approximate surface area is 208 Å². The fraction of sp³-hybridized carbons (Fsp3) is 0.417. The molecule has 0 aliphatic carbocycles. The molecule has 0 saturated carbocycles. The van der Waals surface area contributed by atoms with E-state index in [1.165, 1.54) is 11.1 Å². The van der Waals surface area contributed by atoms with Gasteiger partial charge in [-0.3, -0.25) is 4.90 Å². The number of benzene rings is 1. The van der Waals surface area contributed by atoms with Crippen molar-refractivity contribution in [3.05, 3.63) is 35.3 Å². The Morgan fingerprint density at radius 2 is 1.86 bits per heavy atom. The number of H-pyrrole nitrogens is 1. The van der Waals surface area contributed by atoms with E-state index in [1.54, 1.807) is 23.5 Å². The molecule has 0 bridgehead atoms. The number of nitrogens with zero attached hydrogens (tertiary/aromatic N) is 4. The Balaban J connectivity index is 1.51. The number of aromatic nitrogens is 3. The van der Waals surface area contributed by atoms with E-state index >= 15 is 0 Å². The number of rotatable bonds is 5. The van der Waals surface area contributed by atoms with Crippen LogP contribution in [0.4, 0.5) is 5.82 Å². The lowest BCUT2D eigenvalue weighted by Crippen LogP contribution is -2.42. The molecule has 0 radical (unpaired) electrons. The van der Waals surface area contributed by atoms with Crippen LogP contribution in [0.1, 0.15) is 4.88 Å². The minimum atomic E-state index is -3.40. The molecule has 2 fully saturated rings. The van der Waals surface area contributed by atoms with Crippen molar-refractivity contribution in [1.29, 1.82) is 0 Å². The van der Waals surface area contributed by atoms with Crippen molar-refractivity contribution in [2.45, 2.75) is 11.4 Å². The molecular formula is C24H28N6O3S2. The Bertz CT molecular complexity index is 1480. The molecule has 0 spiro atoms. The molecule has 11 heteroatoms. The van der Waals surface area contributed by atoms with Crippen LogP contribution in [0.2, 0.25) is 0 Å². The third-order valence-electron chi connectivity index (χ3n) is 6.63. The molecule has 6 rings (SSSR count). The number of nitrogens with one attached hydrogen (secondary N) is 2. The molecule has 0 atom stereocenters. The molecule has 0 unspecified atom stereocenters. The van der Waals surface area contributed by atoms with Crippen molar-refractivity contribution in [3.63, 3.8) is 0 Å². The van der Waals surface area contributed by atoms with Crippen LogP contribution < -0.4 is 10.2 Å². The maximum absolute atomic E-state index is 12.4. The highest BCUT2D eigenvalue weighted by Crippen LogP contribution is 2.36. The number of hydrogen-bond donors (Lipinski definition) is 2. The lowest BCUT2D eigenvalue weighted by molar-refractivity contribution is 0.122. The van der Waals surface area contributed by atoms with Gasteiger partial charge in [0, 0.05) is 79.6 Å². The van der Waals surface area contributed by atoms with E-state index in [1.807, 2.05) is 12.3 Å². The predicted molar refractivity (Wildman–Crippen MR) is 139 cm³/mol. The van der Waals surface area contributed by atoms with Gasteiger partial charge in [-0.15, -0.1) is 11.3 Å². The number of aromatic amines is 1. The largest absolute Gasteiger partial charge is 0.378 e. The summed E-state index contributed by atoms with van der Waals surface area (Å²) in [5, 5.41) is 5.36. The first-order chi connectivity index (χ1) is 17.0. The van der Waals surface area contributed by atoms with E-state index in [0.29, 0.717) is 19.0 Å². The smallest absolute Gasteiger partial charge is 0.175 e. The second-order valence-corrected chi connectivity index (χ2v) is 12.2. The van der Waals surface area contributed by atoms with E-state index in [4.69, 9.17) is 14.7 Å². The second kappa shape index (κ2) is 9.14. The number of hydrogen-bond acceptors (Lipinski definition) is 9. The van der Waals surface area contributed by atoms with Gasteiger partial charge in [0.05, 0.1) is 23.5 Å². The van der Waals surface area contributed by atoms with Crippen LogP contribution >= 0.6 is 11.3 Å². The SMILES string of the molecule is CS(=O)(=O)c1cc(-c2nc(N3CCOCC3)c3cc(CN4CCNCC4)sc3n2)c2cc[nH]c2c1. The van der Waals surface area contributed by atoms with E-state index in [0.717, 1.165) is 78.3 Å². The maximum Gasteiger partial charge on any atom is 0.175 e. The number of morpholine rings is 1. The number of piperazine rings is 1. The van der Waals surface area contributed by atoms with Gasteiger partial charge in [-0.25, -0.2) is 18.4 Å². The summed E-state index contributed by atoms with van der Waals surface area (Å²) in [5.41, 5.74) is 1.47. The number of thiophene rings is 1. The molecule has 2 N–H and O–H groups in total. The van der Waals surface area contributed by atoms with Gasteiger partial charge in [0.2, 0.25) is 0 Å². The van der Waals surface area contributed by atoms with Gasteiger partial charge in [-0.1, -0.05) is 0 Å². The number of ether oxygens (including phenoxy) is 1.